The van der Waals surface area contributed by atoms with Crippen LogP contribution in [0.25, 0.3) is 0 Å². The summed E-state index contributed by atoms with van der Waals surface area (Å²) in [5, 5.41) is 14.9. The summed E-state index contributed by atoms with van der Waals surface area (Å²) in [6.07, 6.45) is 1.03. The Labute approximate surface area is 129 Å². The van der Waals surface area contributed by atoms with Gasteiger partial charge in [0.2, 0.25) is 5.88 Å². The Hall–Kier alpha value is -2.60. The molecule has 116 valence electrons. The van der Waals surface area contributed by atoms with Crippen LogP contribution in [0.3, 0.4) is 0 Å². The molecule has 1 atom stereocenters. The van der Waals surface area contributed by atoms with Crippen molar-refractivity contribution in [2.75, 3.05) is 12.4 Å². The molecule has 3 N–H and O–H groups in total. The maximum Gasteiger partial charge on any atom is 0.319 e. The van der Waals surface area contributed by atoms with Gasteiger partial charge in [-0.05, 0) is 24.1 Å². The van der Waals surface area contributed by atoms with Gasteiger partial charge in [-0.25, -0.2) is 9.78 Å². The number of hydrogen-bond acceptors (Lipinski definition) is 4. The average molecular weight is 301 g/mol. The summed E-state index contributed by atoms with van der Waals surface area (Å²) in [5.74, 6) is 0.490. The molecule has 2 rings (SSSR count). The number of pyridine rings is 1. The number of aliphatic hydroxyl groups is 1. The van der Waals surface area contributed by atoms with E-state index in [0.29, 0.717) is 18.1 Å². The molecule has 0 spiro atoms. The maximum atomic E-state index is 11.8. The number of nitrogens with one attached hydrogen (secondary N) is 2. The lowest BCUT2D eigenvalue weighted by atomic mass is 10.1. The number of methoxy groups -OCH3 is 1. The van der Waals surface area contributed by atoms with Crippen LogP contribution in [-0.4, -0.2) is 23.2 Å². The van der Waals surface area contributed by atoms with E-state index in [0.717, 1.165) is 11.1 Å². The zero-order chi connectivity index (χ0) is 15.9. The molecule has 1 heterocycles. The number of nitrogens with zero attached hydrogens (tertiary/aromatic N) is 1. The van der Waals surface area contributed by atoms with Crippen LogP contribution >= 0.6 is 0 Å². The molecule has 2 aromatic rings. The Morgan fingerprint density at radius 2 is 2.00 bits per heavy atom. The second-order valence-electron chi connectivity index (χ2n) is 4.81. The predicted molar refractivity (Wildman–Crippen MR) is 83.7 cm³/mol. The number of ether oxygens (including phenoxy) is 1. The number of urea groups is 1. The summed E-state index contributed by atoms with van der Waals surface area (Å²) in [6, 6.07) is 10.5. The second-order valence-corrected chi connectivity index (χ2v) is 4.81. The molecular weight excluding hydrogens is 282 g/mol. The quantitative estimate of drug-likeness (QED) is 0.792. The van der Waals surface area contributed by atoms with Gasteiger partial charge >= 0.3 is 6.03 Å². The SMILES string of the molecule is COc1ccc(NC(=O)NCc2ccc([C@H](C)O)cc2)cn1. The largest absolute Gasteiger partial charge is 0.481 e. The summed E-state index contributed by atoms with van der Waals surface area (Å²) >= 11 is 0. The summed E-state index contributed by atoms with van der Waals surface area (Å²) in [6.45, 7) is 2.11. The molecule has 0 aliphatic heterocycles. The minimum absolute atomic E-state index is 0.313. The average Bonchev–Trinajstić information content (AvgIpc) is 2.54. The maximum absolute atomic E-state index is 11.8. The zero-order valence-electron chi connectivity index (χ0n) is 12.5. The van der Waals surface area contributed by atoms with Crippen molar-refractivity contribution < 1.29 is 14.6 Å². The first kappa shape index (κ1) is 15.8. The lowest BCUT2D eigenvalue weighted by molar-refractivity contribution is 0.199. The third kappa shape index (κ3) is 4.46. The highest BCUT2D eigenvalue weighted by Gasteiger charge is 2.04. The highest BCUT2D eigenvalue weighted by molar-refractivity contribution is 5.88. The molecule has 1 aromatic carbocycles. The van der Waals surface area contributed by atoms with Crippen molar-refractivity contribution in [1.82, 2.24) is 10.3 Å². The molecule has 6 heteroatoms. The van der Waals surface area contributed by atoms with Crippen LogP contribution in [0.5, 0.6) is 5.88 Å². The Morgan fingerprint density at radius 3 is 2.55 bits per heavy atom. The number of aromatic nitrogens is 1. The van der Waals surface area contributed by atoms with Crippen molar-refractivity contribution in [3.63, 3.8) is 0 Å². The summed E-state index contributed by atoms with van der Waals surface area (Å²) < 4.78 is 4.95. The minimum Gasteiger partial charge on any atom is -0.481 e. The van der Waals surface area contributed by atoms with E-state index in [2.05, 4.69) is 15.6 Å². The monoisotopic (exact) mass is 301 g/mol. The van der Waals surface area contributed by atoms with Crippen molar-refractivity contribution in [2.24, 2.45) is 0 Å². The Balaban J connectivity index is 1.84. The molecule has 1 aromatic heterocycles. The van der Waals surface area contributed by atoms with Gasteiger partial charge in [0, 0.05) is 12.6 Å². The predicted octanol–water partition coefficient (Wildman–Crippen LogP) is 2.47. The third-order valence-electron chi connectivity index (χ3n) is 3.12. The van der Waals surface area contributed by atoms with Gasteiger partial charge in [0.1, 0.15) is 0 Å². The first-order valence-electron chi connectivity index (χ1n) is 6.90. The van der Waals surface area contributed by atoms with Crippen LogP contribution in [0.2, 0.25) is 0 Å². The molecule has 0 aliphatic carbocycles. The Bertz CT molecular complexity index is 610. The fourth-order valence-corrected chi connectivity index (χ4v) is 1.85. The van der Waals surface area contributed by atoms with E-state index in [1.165, 1.54) is 13.3 Å². The van der Waals surface area contributed by atoms with Crippen LogP contribution in [0.4, 0.5) is 10.5 Å². The van der Waals surface area contributed by atoms with Gasteiger partial charge in [0.05, 0.1) is 25.1 Å². The van der Waals surface area contributed by atoms with Gasteiger partial charge in [0.25, 0.3) is 0 Å². The first-order valence-corrected chi connectivity index (χ1v) is 6.90. The van der Waals surface area contributed by atoms with E-state index in [4.69, 9.17) is 4.74 Å². The second kappa shape index (κ2) is 7.42. The Kier molecular flexibility index (Phi) is 5.32. The first-order chi connectivity index (χ1) is 10.6. The molecule has 0 saturated heterocycles. The number of anilines is 1. The molecule has 0 bridgehead atoms. The normalized spacial score (nSPS) is 11.6. The molecular formula is C16H19N3O3. The number of aliphatic hydroxyl groups excluding tert-OH is 1. The summed E-state index contributed by atoms with van der Waals surface area (Å²) in [4.78, 5) is 15.8. The van der Waals surface area contributed by atoms with E-state index in [-0.39, 0.29) is 6.03 Å². The highest BCUT2D eigenvalue weighted by atomic mass is 16.5. The zero-order valence-corrected chi connectivity index (χ0v) is 12.5. The van der Waals surface area contributed by atoms with Crippen molar-refractivity contribution in [3.8, 4) is 5.88 Å². The number of benzene rings is 1. The minimum atomic E-state index is -0.493. The van der Waals surface area contributed by atoms with Crippen molar-refractivity contribution in [2.45, 2.75) is 19.6 Å². The Morgan fingerprint density at radius 1 is 1.27 bits per heavy atom. The third-order valence-corrected chi connectivity index (χ3v) is 3.12. The molecule has 0 fully saturated rings. The number of carbonyl (C=O) groups excluding carboxylic acids is 1. The van der Waals surface area contributed by atoms with E-state index in [1.54, 1.807) is 19.1 Å². The molecule has 6 nitrogen and oxygen atoms in total. The van der Waals surface area contributed by atoms with E-state index in [1.807, 2.05) is 24.3 Å². The van der Waals surface area contributed by atoms with Crippen LogP contribution in [0, 0.1) is 0 Å². The molecule has 2 amide bonds. The number of rotatable bonds is 5. The molecule has 0 saturated carbocycles. The smallest absolute Gasteiger partial charge is 0.319 e. The van der Waals surface area contributed by atoms with Crippen LogP contribution in [0.15, 0.2) is 42.6 Å². The lowest BCUT2D eigenvalue weighted by Gasteiger charge is -2.09. The summed E-state index contributed by atoms with van der Waals surface area (Å²) in [7, 11) is 1.53. The van der Waals surface area contributed by atoms with Gasteiger partial charge in [-0.2, -0.15) is 0 Å². The summed E-state index contributed by atoms with van der Waals surface area (Å²) in [5.41, 5.74) is 2.38. The van der Waals surface area contributed by atoms with Gasteiger partial charge < -0.3 is 20.5 Å². The van der Waals surface area contributed by atoms with E-state index < -0.39 is 6.10 Å². The lowest BCUT2D eigenvalue weighted by Crippen LogP contribution is -2.28. The van der Waals surface area contributed by atoms with Crippen LogP contribution < -0.4 is 15.4 Å². The van der Waals surface area contributed by atoms with Crippen LogP contribution in [-0.2, 0) is 6.54 Å². The number of amides is 2. The standard InChI is InChI=1S/C16H19N3O3/c1-11(20)13-5-3-12(4-6-13)9-18-16(21)19-14-7-8-15(22-2)17-10-14/h3-8,10-11,20H,9H2,1-2H3,(H2,18,19,21)/t11-/m0/s1. The number of hydrogen-bond donors (Lipinski definition) is 3. The molecule has 0 unspecified atom stereocenters. The van der Waals surface area contributed by atoms with E-state index >= 15 is 0 Å². The molecule has 0 radical (unpaired) electrons. The molecule has 22 heavy (non-hydrogen) atoms. The fourth-order valence-electron chi connectivity index (χ4n) is 1.85. The van der Waals surface area contributed by atoms with Gasteiger partial charge in [-0.1, -0.05) is 24.3 Å². The topological polar surface area (TPSA) is 83.5 Å². The van der Waals surface area contributed by atoms with Gasteiger partial charge in [-0.15, -0.1) is 0 Å². The van der Waals surface area contributed by atoms with E-state index in [9.17, 15) is 9.90 Å². The highest BCUT2D eigenvalue weighted by Crippen LogP contribution is 2.13. The van der Waals surface area contributed by atoms with Crippen molar-refractivity contribution in [1.29, 1.82) is 0 Å². The molecule has 0 aliphatic rings. The van der Waals surface area contributed by atoms with Crippen molar-refractivity contribution in [3.05, 3.63) is 53.7 Å². The van der Waals surface area contributed by atoms with Gasteiger partial charge in [-0.3, -0.25) is 0 Å². The van der Waals surface area contributed by atoms with Crippen molar-refractivity contribution >= 4 is 11.7 Å². The van der Waals surface area contributed by atoms with Crippen LogP contribution in [0.1, 0.15) is 24.2 Å². The fraction of sp³-hybridized carbons (Fsp3) is 0.250. The number of carbonyl (C=O) groups is 1. The van der Waals surface area contributed by atoms with Gasteiger partial charge in [0.15, 0.2) is 0 Å².